The Morgan fingerprint density at radius 1 is 1.50 bits per heavy atom. The molecule has 0 aliphatic rings. The third-order valence-corrected chi connectivity index (χ3v) is 4.20. The molecular formula is C5H16N2Si. The Balaban J connectivity index is 3.29. The molecule has 2 N–H and O–H groups in total. The van der Waals surface area contributed by atoms with E-state index in [0.29, 0.717) is 0 Å². The molecule has 50 valence electrons. The van der Waals surface area contributed by atoms with Crippen LogP contribution in [0.2, 0.25) is 12.6 Å². The predicted octanol–water partition coefficient (Wildman–Crippen LogP) is 0.555. The molecule has 0 aromatic rings. The van der Waals surface area contributed by atoms with E-state index in [1.54, 1.807) is 0 Å². The molecule has 3 heteroatoms. The highest BCUT2D eigenvalue weighted by Crippen LogP contribution is 1.91. The lowest BCUT2D eigenvalue weighted by Crippen LogP contribution is -2.41. The monoisotopic (exact) mass is 132 g/mol. The Labute approximate surface area is 53.3 Å². The predicted molar refractivity (Wildman–Crippen MR) is 40.1 cm³/mol. The van der Waals surface area contributed by atoms with Crippen molar-refractivity contribution >= 4 is 8.96 Å². The van der Waals surface area contributed by atoms with Gasteiger partial charge in [0.05, 0.1) is 0 Å². The van der Waals surface area contributed by atoms with Gasteiger partial charge in [-0.05, 0) is 6.04 Å². The van der Waals surface area contributed by atoms with Crippen molar-refractivity contribution in [2.45, 2.75) is 26.4 Å². The van der Waals surface area contributed by atoms with Crippen LogP contribution in [0.5, 0.6) is 0 Å². The van der Waals surface area contributed by atoms with Gasteiger partial charge in [0.1, 0.15) is 8.96 Å². The molecule has 0 saturated heterocycles. The highest BCUT2D eigenvalue weighted by atomic mass is 28.3. The molecule has 0 saturated carbocycles. The van der Waals surface area contributed by atoms with E-state index in [1.165, 1.54) is 6.04 Å². The van der Waals surface area contributed by atoms with Gasteiger partial charge >= 0.3 is 0 Å². The van der Waals surface area contributed by atoms with E-state index >= 15 is 0 Å². The Morgan fingerprint density at radius 2 is 2.00 bits per heavy atom. The van der Waals surface area contributed by atoms with E-state index in [4.69, 9.17) is 5.84 Å². The van der Waals surface area contributed by atoms with Crippen molar-refractivity contribution in [2.24, 2.45) is 5.84 Å². The van der Waals surface area contributed by atoms with Gasteiger partial charge in [-0.3, -0.25) is 10.5 Å². The van der Waals surface area contributed by atoms with E-state index in [0.717, 1.165) is 6.54 Å². The first kappa shape index (κ1) is 8.14. The first-order valence-corrected chi connectivity index (χ1v) is 5.72. The molecule has 1 unspecified atom stereocenters. The minimum atomic E-state index is -0.664. The first-order valence-electron chi connectivity index (χ1n) is 3.23. The maximum atomic E-state index is 5.62. The van der Waals surface area contributed by atoms with Gasteiger partial charge in [0.15, 0.2) is 0 Å². The van der Waals surface area contributed by atoms with E-state index in [2.05, 4.69) is 20.4 Å². The molecule has 0 radical (unpaired) electrons. The standard InChI is InChI=1S/C5H16N2Si/c1-4-7(6)8(3)5-2/h8H,4-6H2,1-3H3. The van der Waals surface area contributed by atoms with Gasteiger partial charge in [-0.25, -0.2) is 0 Å². The molecule has 0 fully saturated rings. The second kappa shape index (κ2) is 4.06. The molecule has 1 atom stereocenters. The lowest BCUT2D eigenvalue weighted by atomic mass is 10.8. The van der Waals surface area contributed by atoms with Crippen LogP contribution < -0.4 is 5.84 Å². The Bertz CT molecular complexity index is 50.4. The van der Waals surface area contributed by atoms with E-state index in [9.17, 15) is 0 Å². The summed E-state index contributed by atoms with van der Waals surface area (Å²) in [6.07, 6.45) is 0. The van der Waals surface area contributed by atoms with Crippen LogP contribution in [0, 0.1) is 0 Å². The third-order valence-electron chi connectivity index (χ3n) is 1.52. The average molecular weight is 132 g/mol. The summed E-state index contributed by atoms with van der Waals surface area (Å²) in [5, 5.41) is 0. The van der Waals surface area contributed by atoms with Gasteiger partial charge < -0.3 is 0 Å². The van der Waals surface area contributed by atoms with Gasteiger partial charge in [-0.15, -0.1) is 0 Å². The summed E-state index contributed by atoms with van der Waals surface area (Å²) < 4.78 is 1.99. The molecule has 0 rings (SSSR count). The van der Waals surface area contributed by atoms with Crippen LogP contribution in [0.1, 0.15) is 13.8 Å². The zero-order chi connectivity index (χ0) is 6.57. The minimum Gasteiger partial charge on any atom is -0.276 e. The topological polar surface area (TPSA) is 29.3 Å². The molecule has 0 heterocycles. The van der Waals surface area contributed by atoms with Crippen molar-refractivity contribution in [2.75, 3.05) is 6.54 Å². The molecule has 0 aromatic carbocycles. The number of nitrogens with two attached hydrogens (primary N) is 1. The van der Waals surface area contributed by atoms with Crippen LogP contribution in [0.25, 0.3) is 0 Å². The fourth-order valence-electron chi connectivity index (χ4n) is 0.546. The fourth-order valence-corrected chi connectivity index (χ4v) is 1.64. The number of nitrogens with zero attached hydrogens (tertiary/aromatic N) is 1. The molecule has 2 nitrogen and oxygen atoms in total. The summed E-state index contributed by atoms with van der Waals surface area (Å²) in [5.41, 5.74) is 0. The van der Waals surface area contributed by atoms with Crippen LogP contribution in [0.15, 0.2) is 0 Å². The van der Waals surface area contributed by atoms with Crippen molar-refractivity contribution in [1.29, 1.82) is 0 Å². The molecular weight excluding hydrogens is 116 g/mol. The van der Waals surface area contributed by atoms with Crippen molar-refractivity contribution in [1.82, 2.24) is 4.67 Å². The van der Waals surface area contributed by atoms with E-state index < -0.39 is 8.96 Å². The Hall–Kier alpha value is 0.137. The fraction of sp³-hybridized carbons (Fsp3) is 1.00. The van der Waals surface area contributed by atoms with Crippen LogP contribution in [0.4, 0.5) is 0 Å². The molecule has 0 aliphatic heterocycles. The highest BCUT2D eigenvalue weighted by Gasteiger charge is 2.04. The van der Waals surface area contributed by atoms with Crippen molar-refractivity contribution in [3.05, 3.63) is 0 Å². The second-order valence-electron chi connectivity index (χ2n) is 2.09. The van der Waals surface area contributed by atoms with Gasteiger partial charge in [-0.1, -0.05) is 20.4 Å². The summed E-state index contributed by atoms with van der Waals surface area (Å²) in [6, 6.07) is 1.27. The zero-order valence-corrected chi connectivity index (χ0v) is 7.17. The summed E-state index contributed by atoms with van der Waals surface area (Å²) in [4.78, 5) is 0. The average Bonchev–Trinajstić information content (AvgIpc) is 1.84. The molecule has 0 aliphatic carbocycles. The first-order chi connectivity index (χ1) is 3.72. The van der Waals surface area contributed by atoms with Crippen molar-refractivity contribution in [3.63, 3.8) is 0 Å². The smallest absolute Gasteiger partial charge is 0.126 e. The van der Waals surface area contributed by atoms with Crippen LogP contribution in [-0.2, 0) is 0 Å². The van der Waals surface area contributed by atoms with Gasteiger partial charge in [-0.2, -0.15) is 0 Å². The zero-order valence-electron chi connectivity index (χ0n) is 6.02. The minimum absolute atomic E-state index is 0.664. The maximum Gasteiger partial charge on any atom is 0.126 e. The molecule has 0 bridgehead atoms. The van der Waals surface area contributed by atoms with Crippen molar-refractivity contribution in [3.8, 4) is 0 Å². The summed E-state index contributed by atoms with van der Waals surface area (Å²) in [7, 11) is -0.664. The molecule has 0 aromatic heterocycles. The lowest BCUT2D eigenvalue weighted by molar-refractivity contribution is 0.481. The van der Waals surface area contributed by atoms with Crippen LogP contribution in [-0.4, -0.2) is 20.2 Å². The SMILES string of the molecule is CCN(N)[SiH](C)CC. The number of rotatable bonds is 3. The van der Waals surface area contributed by atoms with Crippen LogP contribution >= 0.6 is 0 Å². The lowest BCUT2D eigenvalue weighted by Gasteiger charge is -2.18. The van der Waals surface area contributed by atoms with Crippen LogP contribution in [0.3, 0.4) is 0 Å². The second-order valence-corrected chi connectivity index (χ2v) is 5.27. The normalized spacial score (nSPS) is 14.6. The molecule has 0 spiro atoms. The highest BCUT2D eigenvalue weighted by molar-refractivity contribution is 6.53. The largest absolute Gasteiger partial charge is 0.276 e. The quantitative estimate of drug-likeness (QED) is 0.345. The van der Waals surface area contributed by atoms with Gasteiger partial charge in [0.25, 0.3) is 0 Å². The summed E-state index contributed by atoms with van der Waals surface area (Å²) in [5.74, 6) is 5.62. The van der Waals surface area contributed by atoms with E-state index in [-0.39, 0.29) is 0 Å². The van der Waals surface area contributed by atoms with E-state index in [1.807, 2.05) is 4.67 Å². The third kappa shape index (κ3) is 2.45. The summed E-state index contributed by atoms with van der Waals surface area (Å²) >= 11 is 0. The maximum absolute atomic E-state index is 5.62. The van der Waals surface area contributed by atoms with Gasteiger partial charge in [0, 0.05) is 6.54 Å². The van der Waals surface area contributed by atoms with Gasteiger partial charge in [0.2, 0.25) is 0 Å². The molecule has 0 amide bonds. The number of hydrogen-bond donors (Lipinski definition) is 1. The van der Waals surface area contributed by atoms with Crippen molar-refractivity contribution < 1.29 is 0 Å². The Morgan fingerprint density at radius 3 is 2.12 bits per heavy atom. The number of hydrogen-bond acceptors (Lipinski definition) is 2. The molecule has 8 heavy (non-hydrogen) atoms. The Kier molecular flexibility index (Phi) is 4.13. The number of hydrazine groups is 1. The summed E-state index contributed by atoms with van der Waals surface area (Å²) in [6.45, 7) is 7.57.